The molecule has 0 aliphatic rings. The highest BCUT2D eigenvalue weighted by atomic mass is 15.1. The lowest BCUT2D eigenvalue weighted by atomic mass is 10.0. The summed E-state index contributed by atoms with van der Waals surface area (Å²) in [6.45, 7) is 2.22. The van der Waals surface area contributed by atoms with Crippen LogP contribution in [0, 0.1) is 0 Å². The molecule has 1 atom stereocenters. The fraction of sp³-hybridized carbons (Fsp3) is 0.235. The Labute approximate surface area is 119 Å². The predicted octanol–water partition coefficient (Wildman–Crippen LogP) is 4.52. The number of benzene rings is 2. The van der Waals surface area contributed by atoms with Crippen molar-refractivity contribution >= 4 is 16.6 Å². The van der Waals surface area contributed by atoms with Crippen molar-refractivity contribution in [3.63, 3.8) is 0 Å². The summed E-state index contributed by atoms with van der Waals surface area (Å²) < 4.78 is 0. The largest absolute Gasteiger partial charge is 0.378 e. The number of anilines is 1. The summed E-state index contributed by atoms with van der Waals surface area (Å²) in [7, 11) is 0. The van der Waals surface area contributed by atoms with Crippen LogP contribution in [0.3, 0.4) is 0 Å². The van der Waals surface area contributed by atoms with Crippen LogP contribution in [0.2, 0.25) is 0 Å². The molecule has 0 radical (unpaired) electrons. The van der Waals surface area contributed by atoms with Crippen molar-refractivity contribution in [3.8, 4) is 0 Å². The van der Waals surface area contributed by atoms with Gasteiger partial charge in [-0.05, 0) is 30.2 Å². The zero-order valence-corrected chi connectivity index (χ0v) is 11.6. The highest BCUT2D eigenvalue weighted by Gasteiger charge is 2.10. The van der Waals surface area contributed by atoms with Gasteiger partial charge in [0, 0.05) is 11.1 Å². The number of rotatable bonds is 5. The zero-order valence-electron chi connectivity index (χ0n) is 11.6. The van der Waals surface area contributed by atoms with E-state index in [9.17, 15) is 0 Å². The van der Waals surface area contributed by atoms with E-state index in [4.69, 9.17) is 0 Å². The van der Waals surface area contributed by atoms with Crippen molar-refractivity contribution in [2.45, 2.75) is 25.8 Å². The molecule has 0 amide bonds. The molecule has 2 N–H and O–H groups in total. The molecule has 20 heavy (non-hydrogen) atoms. The van der Waals surface area contributed by atoms with Gasteiger partial charge in [0.15, 0.2) is 0 Å². The number of aromatic nitrogens is 2. The van der Waals surface area contributed by atoms with Crippen molar-refractivity contribution < 1.29 is 0 Å². The number of hydrogen-bond acceptors (Lipinski definition) is 2. The summed E-state index contributed by atoms with van der Waals surface area (Å²) in [5.74, 6) is 0. The van der Waals surface area contributed by atoms with Gasteiger partial charge in [0.1, 0.15) is 0 Å². The van der Waals surface area contributed by atoms with Crippen LogP contribution >= 0.6 is 0 Å². The quantitative estimate of drug-likeness (QED) is 0.712. The first kappa shape index (κ1) is 12.7. The molecule has 1 heterocycles. The highest BCUT2D eigenvalue weighted by molar-refractivity contribution is 5.81. The number of aromatic amines is 1. The topological polar surface area (TPSA) is 40.7 Å². The smallest absolute Gasteiger partial charge is 0.0670 e. The Hall–Kier alpha value is -2.29. The maximum atomic E-state index is 4.06. The van der Waals surface area contributed by atoms with Gasteiger partial charge in [-0.2, -0.15) is 5.10 Å². The molecule has 0 aliphatic carbocycles. The molecular formula is C17H19N3. The van der Waals surface area contributed by atoms with E-state index in [2.05, 4.69) is 71.0 Å². The summed E-state index contributed by atoms with van der Waals surface area (Å²) >= 11 is 0. The van der Waals surface area contributed by atoms with Crippen LogP contribution in [0.25, 0.3) is 10.9 Å². The molecule has 0 spiro atoms. The third-order valence-electron chi connectivity index (χ3n) is 3.56. The van der Waals surface area contributed by atoms with Crippen molar-refractivity contribution in [2.75, 3.05) is 5.32 Å². The van der Waals surface area contributed by atoms with Gasteiger partial charge in [0.25, 0.3) is 0 Å². The summed E-state index contributed by atoms with van der Waals surface area (Å²) in [4.78, 5) is 0. The van der Waals surface area contributed by atoms with E-state index in [-0.39, 0.29) is 0 Å². The van der Waals surface area contributed by atoms with Crippen LogP contribution in [0.5, 0.6) is 0 Å². The lowest BCUT2D eigenvalue weighted by Crippen LogP contribution is -2.10. The van der Waals surface area contributed by atoms with E-state index in [0.717, 1.165) is 29.4 Å². The minimum absolute atomic E-state index is 0.349. The Kier molecular flexibility index (Phi) is 3.68. The van der Waals surface area contributed by atoms with E-state index >= 15 is 0 Å². The predicted molar refractivity (Wildman–Crippen MR) is 83.8 cm³/mol. The van der Waals surface area contributed by atoms with E-state index in [1.54, 1.807) is 0 Å². The fourth-order valence-corrected chi connectivity index (χ4v) is 2.52. The Bertz CT molecular complexity index is 673. The average Bonchev–Trinajstić information content (AvgIpc) is 2.95. The maximum Gasteiger partial charge on any atom is 0.0670 e. The molecule has 1 aromatic heterocycles. The average molecular weight is 265 g/mol. The Morgan fingerprint density at radius 1 is 1.15 bits per heavy atom. The van der Waals surface area contributed by atoms with Gasteiger partial charge in [-0.25, -0.2) is 0 Å². The standard InChI is InChI=1S/C17H19N3/c1-2-6-16(13-7-4-3-5-8-13)19-15-10-9-14-12-18-20-17(14)11-15/h3-5,7-12,16,19H,2,6H2,1H3,(H,18,20). The maximum absolute atomic E-state index is 4.06. The molecule has 0 saturated carbocycles. The molecule has 0 saturated heterocycles. The van der Waals surface area contributed by atoms with Crippen molar-refractivity contribution in [1.82, 2.24) is 10.2 Å². The Balaban J connectivity index is 1.85. The molecular weight excluding hydrogens is 246 g/mol. The van der Waals surface area contributed by atoms with E-state index in [0.29, 0.717) is 6.04 Å². The second-order valence-corrected chi connectivity index (χ2v) is 5.07. The minimum Gasteiger partial charge on any atom is -0.378 e. The SMILES string of the molecule is CCCC(Nc1ccc2cn[nH]c2c1)c1ccccc1. The number of nitrogens with zero attached hydrogens (tertiary/aromatic N) is 1. The number of nitrogens with one attached hydrogen (secondary N) is 2. The molecule has 3 nitrogen and oxygen atoms in total. The van der Waals surface area contributed by atoms with Crippen molar-refractivity contribution in [3.05, 3.63) is 60.3 Å². The molecule has 3 aromatic rings. The van der Waals surface area contributed by atoms with Gasteiger partial charge < -0.3 is 5.32 Å². The van der Waals surface area contributed by atoms with Crippen LogP contribution < -0.4 is 5.32 Å². The number of hydrogen-bond donors (Lipinski definition) is 2. The first-order chi connectivity index (χ1) is 9.86. The van der Waals surface area contributed by atoms with Gasteiger partial charge in [-0.3, -0.25) is 5.10 Å². The van der Waals surface area contributed by atoms with E-state index in [1.165, 1.54) is 5.56 Å². The summed E-state index contributed by atoms with van der Waals surface area (Å²) in [6.07, 6.45) is 4.11. The zero-order chi connectivity index (χ0) is 13.8. The third-order valence-corrected chi connectivity index (χ3v) is 3.56. The second-order valence-electron chi connectivity index (χ2n) is 5.07. The van der Waals surface area contributed by atoms with Gasteiger partial charge in [-0.1, -0.05) is 43.7 Å². The van der Waals surface area contributed by atoms with Gasteiger partial charge in [0.05, 0.1) is 17.8 Å². The molecule has 102 valence electrons. The molecule has 3 rings (SSSR count). The van der Waals surface area contributed by atoms with Gasteiger partial charge in [0.2, 0.25) is 0 Å². The van der Waals surface area contributed by atoms with Crippen LogP contribution in [0.4, 0.5) is 5.69 Å². The summed E-state index contributed by atoms with van der Waals surface area (Å²) in [5, 5.41) is 11.8. The molecule has 0 fully saturated rings. The molecule has 0 bridgehead atoms. The summed E-state index contributed by atoms with van der Waals surface area (Å²) in [6, 6.07) is 17.3. The molecule has 3 heteroatoms. The van der Waals surface area contributed by atoms with Crippen molar-refractivity contribution in [1.29, 1.82) is 0 Å². The first-order valence-corrected chi connectivity index (χ1v) is 7.11. The van der Waals surface area contributed by atoms with Crippen LogP contribution in [0.1, 0.15) is 31.4 Å². The van der Waals surface area contributed by atoms with Crippen LogP contribution in [-0.2, 0) is 0 Å². The van der Waals surface area contributed by atoms with E-state index in [1.807, 2.05) is 6.20 Å². The lowest BCUT2D eigenvalue weighted by Gasteiger charge is -2.20. The van der Waals surface area contributed by atoms with Crippen LogP contribution in [-0.4, -0.2) is 10.2 Å². The van der Waals surface area contributed by atoms with Crippen LogP contribution in [0.15, 0.2) is 54.7 Å². The molecule has 0 aliphatic heterocycles. The van der Waals surface area contributed by atoms with Crippen molar-refractivity contribution in [2.24, 2.45) is 0 Å². The first-order valence-electron chi connectivity index (χ1n) is 7.11. The second kappa shape index (κ2) is 5.78. The monoisotopic (exact) mass is 265 g/mol. The lowest BCUT2D eigenvalue weighted by molar-refractivity contribution is 0.678. The fourth-order valence-electron chi connectivity index (χ4n) is 2.52. The number of H-pyrrole nitrogens is 1. The van der Waals surface area contributed by atoms with E-state index < -0.39 is 0 Å². The Morgan fingerprint density at radius 3 is 2.80 bits per heavy atom. The van der Waals surface area contributed by atoms with Gasteiger partial charge in [-0.15, -0.1) is 0 Å². The third kappa shape index (κ3) is 2.67. The highest BCUT2D eigenvalue weighted by Crippen LogP contribution is 2.25. The molecule has 2 aromatic carbocycles. The Morgan fingerprint density at radius 2 is 2.00 bits per heavy atom. The summed E-state index contributed by atoms with van der Waals surface area (Å²) in [5.41, 5.74) is 3.53. The minimum atomic E-state index is 0.349. The number of fused-ring (bicyclic) bond motifs is 1. The normalized spacial score (nSPS) is 12.4. The molecule has 1 unspecified atom stereocenters. The van der Waals surface area contributed by atoms with Gasteiger partial charge >= 0.3 is 0 Å².